The summed E-state index contributed by atoms with van der Waals surface area (Å²) in [5.74, 6) is -1.49. The van der Waals surface area contributed by atoms with Gasteiger partial charge in [-0.2, -0.15) is 0 Å². The van der Waals surface area contributed by atoms with Crippen LogP contribution in [-0.2, 0) is 16.0 Å². The number of carbonyl (C=O) groups excluding carboxylic acids is 1. The minimum Gasteiger partial charge on any atom is -0.465 e. The van der Waals surface area contributed by atoms with Crippen molar-refractivity contribution < 1.29 is 18.8 Å². The SMILES string of the molecule is CCOC(=O)C(Cl)Cc1c(F)cccc1[N+](=O)[O-]. The molecule has 98 valence electrons. The number of hydrogen-bond donors (Lipinski definition) is 0. The Morgan fingerprint density at radius 3 is 2.83 bits per heavy atom. The van der Waals surface area contributed by atoms with Gasteiger partial charge in [0.05, 0.1) is 17.1 Å². The van der Waals surface area contributed by atoms with Crippen molar-refractivity contribution in [2.24, 2.45) is 0 Å². The Balaban J connectivity index is 2.96. The van der Waals surface area contributed by atoms with Gasteiger partial charge in [-0.3, -0.25) is 14.9 Å². The predicted molar refractivity (Wildman–Crippen MR) is 63.0 cm³/mol. The van der Waals surface area contributed by atoms with Crippen LogP contribution in [0.1, 0.15) is 12.5 Å². The van der Waals surface area contributed by atoms with Gasteiger partial charge in [-0.1, -0.05) is 6.07 Å². The first-order valence-corrected chi connectivity index (χ1v) is 5.63. The standard InChI is InChI=1S/C11H11ClFNO4/c1-2-18-11(15)8(12)6-7-9(13)4-3-5-10(7)14(16)17/h3-5,8H,2,6H2,1H3. The van der Waals surface area contributed by atoms with Crippen molar-refractivity contribution in [1.82, 2.24) is 0 Å². The summed E-state index contributed by atoms with van der Waals surface area (Å²) in [6, 6.07) is 3.47. The van der Waals surface area contributed by atoms with E-state index in [4.69, 9.17) is 11.6 Å². The molecule has 0 heterocycles. The van der Waals surface area contributed by atoms with E-state index in [1.807, 2.05) is 0 Å². The number of carbonyl (C=O) groups is 1. The van der Waals surface area contributed by atoms with Crippen LogP contribution in [0.25, 0.3) is 0 Å². The van der Waals surface area contributed by atoms with Gasteiger partial charge in [-0.05, 0) is 13.0 Å². The summed E-state index contributed by atoms with van der Waals surface area (Å²) in [6.45, 7) is 1.74. The Bertz CT molecular complexity index is 466. The third-order valence-electron chi connectivity index (χ3n) is 2.22. The van der Waals surface area contributed by atoms with Crippen LogP contribution < -0.4 is 0 Å². The molecule has 1 aromatic rings. The van der Waals surface area contributed by atoms with Crippen LogP contribution in [0.3, 0.4) is 0 Å². The highest BCUT2D eigenvalue weighted by Gasteiger charge is 2.25. The van der Waals surface area contributed by atoms with E-state index >= 15 is 0 Å². The highest BCUT2D eigenvalue weighted by molar-refractivity contribution is 6.30. The number of nitro groups is 1. The molecule has 1 rings (SSSR count). The summed E-state index contributed by atoms with van der Waals surface area (Å²) in [5.41, 5.74) is -0.597. The molecule has 0 spiro atoms. The molecule has 0 aliphatic carbocycles. The van der Waals surface area contributed by atoms with Gasteiger partial charge in [0, 0.05) is 12.5 Å². The van der Waals surface area contributed by atoms with E-state index in [1.165, 1.54) is 6.07 Å². The lowest BCUT2D eigenvalue weighted by molar-refractivity contribution is -0.385. The third-order valence-corrected chi connectivity index (χ3v) is 2.55. The van der Waals surface area contributed by atoms with Crippen LogP contribution >= 0.6 is 11.6 Å². The maximum atomic E-state index is 13.5. The van der Waals surface area contributed by atoms with E-state index in [2.05, 4.69) is 4.74 Å². The quantitative estimate of drug-likeness (QED) is 0.358. The van der Waals surface area contributed by atoms with Gasteiger partial charge in [-0.25, -0.2) is 4.39 Å². The molecule has 0 fully saturated rings. The second-order valence-electron chi connectivity index (χ2n) is 3.42. The van der Waals surface area contributed by atoms with Crippen molar-refractivity contribution in [3.05, 3.63) is 39.7 Å². The fraction of sp³-hybridized carbons (Fsp3) is 0.364. The van der Waals surface area contributed by atoms with Gasteiger partial charge >= 0.3 is 5.97 Å². The van der Waals surface area contributed by atoms with E-state index in [0.717, 1.165) is 12.1 Å². The summed E-state index contributed by atoms with van der Waals surface area (Å²) in [6.07, 6.45) is -0.288. The van der Waals surface area contributed by atoms with E-state index < -0.39 is 27.8 Å². The Morgan fingerprint density at radius 2 is 2.28 bits per heavy atom. The van der Waals surface area contributed by atoms with Gasteiger partial charge < -0.3 is 4.74 Å². The van der Waals surface area contributed by atoms with Crippen molar-refractivity contribution in [3.8, 4) is 0 Å². The van der Waals surface area contributed by atoms with Crippen LogP contribution in [0.15, 0.2) is 18.2 Å². The summed E-state index contributed by atoms with van der Waals surface area (Å²) < 4.78 is 18.2. The predicted octanol–water partition coefficient (Wildman–Crippen LogP) is 2.45. The summed E-state index contributed by atoms with van der Waals surface area (Å²) in [4.78, 5) is 21.3. The first kappa shape index (κ1) is 14.4. The second kappa shape index (κ2) is 6.30. The van der Waals surface area contributed by atoms with Crippen molar-refractivity contribution in [2.75, 3.05) is 6.61 Å². The molecule has 0 bridgehead atoms. The molecule has 0 saturated carbocycles. The van der Waals surface area contributed by atoms with E-state index in [-0.39, 0.29) is 18.6 Å². The minimum atomic E-state index is -1.15. The summed E-state index contributed by atoms with van der Waals surface area (Å²) in [5, 5.41) is 9.58. The largest absolute Gasteiger partial charge is 0.465 e. The lowest BCUT2D eigenvalue weighted by Gasteiger charge is -2.09. The molecule has 0 radical (unpaired) electrons. The lowest BCUT2D eigenvalue weighted by Crippen LogP contribution is -2.21. The van der Waals surface area contributed by atoms with Gasteiger partial charge in [0.25, 0.3) is 5.69 Å². The van der Waals surface area contributed by atoms with Crippen LogP contribution in [0, 0.1) is 15.9 Å². The monoisotopic (exact) mass is 275 g/mol. The molecule has 0 saturated heterocycles. The molecule has 0 aliphatic rings. The zero-order chi connectivity index (χ0) is 13.7. The zero-order valence-electron chi connectivity index (χ0n) is 9.56. The maximum absolute atomic E-state index is 13.5. The van der Waals surface area contributed by atoms with Crippen molar-refractivity contribution in [2.45, 2.75) is 18.7 Å². The Labute approximate surface area is 108 Å². The number of hydrogen-bond acceptors (Lipinski definition) is 4. The number of esters is 1. The van der Waals surface area contributed by atoms with E-state index in [1.54, 1.807) is 6.92 Å². The number of rotatable bonds is 5. The van der Waals surface area contributed by atoms with Gasteiger partial charge in [0.1, 0.15) is 11.2 Å². The Hall–Kier alpha value is -1.69. The molecule has 0 aromatic heterocycles. The summed E-state index contributed by atoms with van der Waals surface area (Å²) >= 11 is 5.73. The number of nitro benzene ring substituents is 1. The maximum Gasteiger partial charge on any atom is 0.324 e. The van der Waals surface area contributed by atoms with Crippen molar-refractivity contribution >= 4 is 23.3 Å². The zero-order valence-corrected chi connectivity index (χ0v) is 10.3. The average molecular weight is 276 g/mol. The number of nitrogens with zero attached hydrogens (tertiary/aromatic N) is 1. The average Bonchev–Trinajstić information content (AvgIpc) is 2.31. The molecule has 1 aromatic carbocycles. The Morgan fingerprint density at radius 1 is 1.61 bits per heavy atom. The highest BCUT2D eigenvalue weighted by atomic mass is 35.5. The fourth-order valence-electron chi connectivity index (χ4n) is 1.42. The normalized spacial score (nSPS) is 11.9. The molecule has 0 amide bonds. The van der Waals surface area contributed by atoms with Crippen LogP contribution in [-0.4, -0.2) is 22.9 Å². The minimum absolute atomic E-state index is 0.140. The summed E-state index contributed by atoms with van der Waals surface area (Å²) in [7, 11) is 0. The van der Waals surface area contributed by atoms with Crippen molar-refractivity contribution in [3.63, 3.8) is 0 Å². The molecule has 1 atom stereocenters. The number of alkyl halides is 1. The first-order chi connectivity index (χ1) is 8.47. The molecule has 1 unspecified atom stereocenters. The molecule has 18 heavy (non-hydrogen) atoms. The van der Waals surface area contributed by atoms with E-state index in [9.17, 15) is 19.3 Å². The Kier molecular flexibility index (Phi) is 5.03. The lowest BCUT2D eigenvalue weighted by atomic mass is 10.1. The number of benzene rings is 1. The second-order valence-corrected chi connectivity index (χ2v) is 3.95. The number of ether oxygens (including phenoxy) is 1. The molecular weight excluding hydrogens is 265 g/mol. The smallest absolute Gasteiger partial charge is 0.324 e. The van der Waals surface area contributed by atoms with Crippen molar-refractivity contribution in [1.29, 1.82) is 0 Å². The molecular formula is C11H11ClFNO4. The fourth-order valence-corrected chi connectivity index (χ4v) is 1.63. The van der Waals surface area contributed by atoms with Crippen LogP contribution in [0.5, 0.6) is 0 Å². The third kappa shape index (κ3) is 3.40. The number of halogens is 2. The van der Waals surface area contributed by atoms with Crippen LogP contribution in [0.4, 0.5) is 10.1 Å². The first-order valence-electron chi connectivity index (χ1n) is 5.19. The molecule has 0 aliphatic heterocycles. The van der Waals surface area contributed by atoms with Crippen LogP contribution in [0.2, 0.25) is 0 Å². The van der Waals surface area contributed by atoms with Gasteiger partial charge in [0.2, 0.25) is 0 Å². The van der Waals surface area contributed by atoms with Gasteiger partial charge in [0.15, 0.2) is 0 Å². The van der Waals surface area contributed by atoms with E-state index in [0.29, 0.717) is 0 Å². The van der Waals surface area contributed by atoms with Gasteiger partial charge in [-0.15, -0.1) is 11.6 Å². The topological polar surface area (TPSA) is 69.4 Å². The molecule has 0 N–H and O–H groups in total. The molecule has 5 nitrogen and oxygen atoms in total. The molecule has 7 heteroatoms. The highest BCUT2D eigenvalue weighted by Crippen LogP contribution is 2.24.